The minimum atomic E-state index is -0.758. The largest absolute Gasteiger partial charge is 0.481 e. The van der Waals surface area contributed by atoms with Crippen LogP contribution in [-0.2, 0) is 11.2 Å². The predicted octanol–water partition coefficient (Wildman–Crippen LogP) is 2.75. The quantitative estimate of drug-likeness (QED) is 0.749. The minimum Gasteiger partial charge on any atom is -0.481 e. The highest BCUT2D eigenvalue weighted by molar-refractivity contribution is 5.71. The summed E-state index contributed by atoms with van der Waals surface area (Å²) in [5.41, 5.74) is 1.05. The van der Waals surface area contributed by atoms with Crippen molar-refractivity contribution >= 4 is 5.97 Å². The molecule has 0 fully saturated rings. The van der Waals surface area contributed by atoms with Crippen molar-refractivity contribution in [1.29, 1.82) is 0 Å². The van der Waals surface area contributed by atoms with Gasteiger partial charge in [0.05, 0.1) is 5.92 Å². The second kappa shape index (κ2) is 5.35. The molecule has 1 aromatic rings. The summed E-state index contributed by atoms with van der Waals surface area (Å²) in [6.45, 7) is 5.53. The molecule has 0 bridgehead atoms. The van der Waals surface area contributed by atoms with E-state index in [0.29, 0.717) is 6.42 Å². The number of carboxylic acid groups (broad SMARTS) is 1. The molecule has 0 saturated heterocycles. The molecule has 2 unspecified atom stereocenters. The topological polar surface area (TPSA) is 37.3 Å². The monoisotopic (exact) mass is 204 g/mol. The van der Waals surface area contributed by atoms with Gasteiger partial charge in [0.2, 0.25) is 0 Å². The van der Waals surface area contributed by atoms with E-state index in [4.69, 9.17) is 5.11 Å². The van der Waals surface area contributed by atoms with Crippen LogP contribution in [0.5, 0.6) is 0 Å². The Balaban J connectivity index is 2.76. The molecule has 0 amide bonds. The zero-order chi connectivity index (χ0) is 11.3. The Labute approximate surface area is 90.3 Å². The first-order valence-electron chi connectivity index (χ1n) is 5.04. The Kier molecular flexibility index (Phi) is 4.10. The van der Waals surface area contributed by atoms with Gasteiger partial charge >= 0.3 is 5.97 Å². The van der Waals surface area contributed by atoms with Gasteiger partial charge < -0.3 is 5.11 Å². The molecule has 80 valence electrons. The third-order valence-corrected chi connectivity index (χ3v) is 2.62. The molecule has 0 heterocycles. The van der Waals surface area contributed by atoms with E-state index in [9.17, 15) is 4.79 Å². The number of allylic oxidation sites excluding steroid dienone is 1. The summed E-state index contributed by atoms with van der Waals surface area (Å²) in [7, 11) is 0. The average molecular weight is 204 g/mol. The standard InChI is InChI=1S/C13H16O2/c1-3-10(2)12(13(14)15)9-11-7-5-4-6-8-11/h3-8,10,12H,1,9H2,2H3,(H,14,15). The second-order valence-corrected chi connectivity index (χ2v) is 3.73. The van der Waals surface area contributed by atoms with E-state index >= 15 is 0 Å². The van der Waals surface area contributed by atoms with Crippen LogP contribution in [0.1, 0.15) is 12.5 Å². The zero-order valence-electron chi connectivity index (χ0n) is 8.89. The minimum absolute atomic E-state index is 0.0114. The van der Waals surface area contributed by atoms with E-state index in [-0.39, 0.29) is 11.8 Å². The van der Waals surface area contributed by atoms with Crippen LogP contribution >= 0.6 is 0 Å². The molecular weight excluding hydrogens is 188 g/mol. The molecule has 0 aliphatic carbocycles. The molecule has 1 N–H and O–H groups in total. The predicted molar refractivity (Wildman–Crippen MR) is 60.6 cm³/mol. The fraction of sp³-hybridized carbons (Fsp3) is 0.308. The lowest BCUT2D eigenvalue weighted by Gasteiger charge is -2.16. The van der Waals surface area contributed by atoms with E-state index < -0.39 is 5.97 Å². The third kappa shape index (κ3) is 3.24. The van der Waals surface area contributed by atoms with Gasteiger partial charge in [-0.05, 0) is 17.9 Å². The molecule has 2 atom stereocenters. The molecule has 1 rings (SSSR count). The molecule has 0 saturated carbocycles. The van der Waals surface area contributed by atoms with Crippen LogP contribution in [0, 0.1) is 11.8 Å². The molecule has 0 aromatic heterocycles. The molecule has 2 heteroatoms. The van der Waals surface area contributed by atoms with Gasteiger partial charge in [0.25, 0.3) is 0 Å². The molecule has 0 aliphatic rings. The van der Waals surface area contributed by atoms with Crippen LogP contribution < -0.4 is 0 Å². The number of aliphatic carboxylic acids is 1. The maximum Gasteiger partial charge on any atom is 0.307 e. The van der Waals surface area contributed by atoms with Gasteiger partial charge in [0.15, 0.2) is 0 Å². The molecule has 0 aliphatic heterocycles. The van der Waals surface area contributed by atoms with E-state index in [1.165, 1.54) is 0 Å². The first-order chi connectivity index (χ1) is 7.15. The van der Waals surface area contributed by atoms with Gasteiger partial charge in [-0.1, -0.05) is 43.3 Å². The van der Waals surface area contributed by atoms with Crippen molar-refractivity contribution in [2.75, 3.05) is 0 Å². The first kappa shape index (κ1) is 11.5. The average Bonchev–Trinajstić information content (AvgIpc) is 2.26. The Bertz CT molecular complexity index is 330. The normalized spacial score (nSPS) is 14.2. The van der Waals surface area contributed by atoms with Gasteiger partial charge in [-0.15, -0.1) is 6.58 Å². The van der Waals surface area contributed by atoms with Crippen LogP contribution in [-0.4, -0.2) is 11.1 Å². The van der Waals surface area contributed by atoms with Crippen molar-refractivity contribution in [3.8, 4) is 0 Å². The highest BCUT2D eigenvalue weighted by Crippen LogP contribution is 2.18. The lowest BCUT2D eigenvalue weighted by atomic mass is 9.88. The SMILES string of the molecule is C=CC(C)C(Cc1ccccc1)C(=O)O. The van der Waals surface area contributed by atoms with E-state index in [1.54, 1.807) is 6.08 Å². The van der Waals surface area contributed by atoms with Crippen molar-refractivity contribution in [3.05, 3.63) is 48.6 Å². The zero-order valence-corrected chi connectivity index (χ0v) is 8.89. The van der Waals surface area contributed by atoms with Gasteiger partial charge in [-0.25, -0.2) is 0 Å². The molecule has 0 spiro atoms. The molecule has 1 aromatic carbocycles. The van der Waals surface area contributed by atoms with E-state index in [1.807, 2.05) is 37.3 Å². The number of hydrogen-bond acceptors (Lipinski definition) is 1. The molecule has 0 radical (unpaired) electrons. The summed E-state index contributed by atoms with van der Waals surface area (Å²) in [4.78, 5) is 11.1. The Hall–Kier alpha value is -1.57. The summed E-state index contributed by atoms with van der Waals surface area (Å²) in [5, 5.41) is 9.09. The Morgan fingerprint density at radius 2 is 2.07 bits per heavy atom. The van der Waals surface area contributed by atoms with Crippen LogP contribution in [0.15, 0.2) is 43.0 Å². The molecular formula is C13H16O2. The van der Waals surface area contributed by atoms with Crippen LogP contribution in [0.2, 0.25) is 0 Å². The van der Waals surface area contributed by atoms with Crippen molar-refractivity contribution < 1.29 is 9.90 Å². The maximum atomic E-state index is 11.1. The summed E-state index contributed by atoms with van der Waals surface area (Å²) in [6, 6.07) is 9.67. The third-order valence-electron chi connectivity index (χ3n) is 2.62. The van der Waals surface area contributed by atoms with Crippen LogP contribution in [0.4, 0.5) is 0 Å². The maximum absolute atomic E-state index is 11.1. The van der Waals surface area contributed by atoms with Crippen LogP contribution in [0.25, 0.3) is 0 Å². The molecule has 15 heavy (non-hydrogen) atoms. The summed E-state index contributed by atoms with van der Waals surface area (Å²) < 4.78 is 0. The first-order valence-corrected chi connectivity index (χ1v) is 5.04. The summed E-state index contributed by atoms with van der Waals surface area (Å²) >= 11 is 0. The lowest BCUT2D eigenvalue weighted by Crippen LogP contribution is -2.22. The van der Waals surface area contributed by atoms with Crippen molar-refractivity contribution in [2.45, 2.75) is 13.3 Å². The summed E-state index contributed by atoms with van der Waals surface area (Å²) in [6.07, 6.45) is 2.26. The van der Waals surface area contributed by atoms with E-state index in [0.717, 1.165) is 5.56 Å². The highest BCUT2D eigenvalue weighted by Gasteiger charge is 2.22. The van der Waals surface area contributed by atoms with Gasteiger partial charge in [-0.3, -0.25) is 4.79 Å². The van der Waals surface area contributed by atoms with Crippen molar-refractivity contribution in [3.63, 3.8) is 0 Å². The Morgan fingerprint density at radius 3 is 2.53 bits per heavy atom. The number of benzene rings is 1. The summed E-state index contributed by atoms with van der Waals surface area (Å²) in [5.74, 6) is -1.15. The van der Waals surface area contributed by atoms with Gasteiger partial charge in [0.1, 0.15) is 0 Å². The smallest absolute Gasteiger partial charge is 0.307 e. The number of rotatable bonds is 5. The number of hydrogen-bond donors (Lipinski definition) is 1. The fourth-order valence-electron chi connectivity index (χ4n) is 1.53. The number of carbonyl (C=O) groups is 1. The fourth-order valence-corrected chi connectivity index (χ4v) is 1.53. The Morgan fingerprint density at radius 1 is 1.47 bits per heavy atom. The molecule has 2 nitrogen and oxygen atoms in total. The highest BCUT2D eigenvalue weighted by atomic mass is 16.4. The number of carboxylic acids is 1. The van der Waals surface area contributed by atoms with E-state index in [2.05, 4.69) is 6.58 Å². The van der Waals surface area contributed by atoms with Gasteiger partial charge in [-0.2, -0.15) is 0 Å². The lowest BCUT2D eigenvalue weighted by molar-refractivity contribution is -0.142. The van der Waals surface area contributed by atoms with Crippen molar-refractivity contribution in [2.24, 2.45) is 11.8 Å². The second-order valence-electron chi connectivity index (χ2n) is 3.73. The van der Waals surface area contributed by atoms with Crippen molar-refractivity contribution in [1.82, 2.24) is 0 Å². The van der Waals surface area contributed by atoms with Gasteiger partial charge in [0, 0.05) is 0 Å². The van der Waals surface area contributed by atoms with Crippen LogP contribution in [0.3, 0.4) is 0 Å².